The van der Waals surface area contributed by atoms with E-state index in [0.29, 0.717) is 18.6 Å². The first-order chi connectivity index (χ1) is 8.13. The second kappa shape index (κ2) is 5.19. The highest BCUT2D eigenvalue weighted by Crippen LogP contribution is 2.32. The standard InChI is InChI=1S/C13H24N4/c1-10(2)17-9-15-7-13(17)12(6-14)16(3)8-11-4-5-11/h7,9-12H,4-6,8,14H2,1-3H3. The normalized spacial score (nSPS) is 18.0. The largest absolute Gasteiger partial charge is 0.331 e. The molecule has 1 atom stereocenters. The van der Waals surface area contributed by atoms with Gasteiger partial charge in [-0.1, -0.05) is 0 Å². The summed E-state index contributed by atoms with van der Waals surface area (Å²) >= 11 is 0. The fourth-order valence-corrected chi connectivity index (χ4v) is 2.37. The molecule has 1 aromatic rings. The highest BCUT2D eigenvalue weighted by molar-refractivity contribution is 5.07. The van der Waals surface area contributed by atoms with Gasteiger partial charge in [-0.05, 0) is 39.7 Å². The van der Waals surface area contributed by atoms with Crippen LogP contribution in [0.25, 0.3) is 0 Å². The molecule has 1 aliphatic carbocycles. The van der Waals surface area contributed by atoms with Crippen LogP contribution in [0.4, 0.5) is 0 Å². The van der Waals surface area contributed by atoms with Crippen LogP contribution in [-0.2, 0) is 0 Å². The summed E-state index contributed by atoms with van der Waals surface area (Å²) in [5.41, 5.74) is 7.19. The van der Waals surface area contributed by atoms with Crippen LogP contribution in [0.2, 0.25) is 0 Å². The molecule has 4 heteroatoms. The highest BCUT2D eigenvalue weighted by atomic mass is 15.2. The number of aromatic nitrogens is 2. The molecule has 0 aliphatic heterocycles. The molecule has 1 unspecified atom stereocenters. The Morgan fingerprint density at radius 2 is 2.24 bits per heavy atom. The molecule has 1 saturated carbocycles. The fourth-order valence-electron chi connectivity index (χ4n) is 2.37. The number of nitrogens with zero attached hydrogens (tertiary/aromatic N) is 3. The number of nitrogens with two attached hydrogens (primary N) is 1. The van der Waals surface area contributed by atoms with Crippen molar-refractivity contribution in [1.29, 1.82) is 0 Å². The molecule has 0 aromatic carbocycles. The molecule has 0 amide bonds. The third-order valence-electron chi connectivity index (χ3n) is 3.59. The lowest BCUT2D eigenvalue weighted by Crippen LogP contribution is -2.33. The Labute approximate surface area is 104 Å². The van der Waals surface area contributed by atoms with E-state index in [2.05, 4.69) is 35.3 Å². The van der Waals surface area contributed by atoms with Crippen molar-refractivity contribution < 1.29 is 0 Å². The van der Waals surface area contributed by atoms with Gasteiger partial charge in [0, 0.05) is 25.3 Å². The van der Waals surface area contributed by atoms with E-state index >= 15 is 0 Å². The Morgan fingerprint density at radius 3 is 2.76 bits per heavy atom. The lowest BCUT2D eigenvalue weighted by molar-refractivity contribution is 0.229. The molecule has 17 heavy (non-hydrogen) atoms. The summed E-state index contributed by atoms with van der Waals surface area (Å²) in [4.78, 5) is 6.65. The molecule has 96 valence electrons. The maximum atomic E-state index is 5.95. The van der Waals surface area contributed by atoms with E-state index in [1.807, 2.05) is 12.5 Å². The Kier molecular flexibility index (Phi) is 3.84. The molecule has 0 saturated heterocycles. The van der Waals surface area contributed by atoms with Gasteiger partial charge in [-0.25, -0.2) is 4.98 Å². The van der Waals surface area contributed by atoms with Crippen molar-refractivity contribution in [2.75, 3.05) is 20.1 Å². The maximum Gasteiger partial charge on any atom is 0.0951 e. The number of rotatable bonds is 6. The van der Waals surface area contributed by atoms with Crippen LogP contribution in [0, 0.1) is 5.92 Å². The van der Waals surface area contributed by atoms with E-state index < -0.39 is 0 Å². The van der Waals surface area contributed by atoms with Gasteiger partial charge in [0.2, 0.25) is 0 Å². The number of hydrogen-bond donors (Lipinski definition) is 1. The smallest absolute Gasteiger partial charge is 0.0951 e. The zero-order chi connectivity index (χ0) is 12.4. The van der Waals surface area contributed by atoms with Gasteiger partial charge < -0.3 is 10.3 Å². The van der Waals surface area contributed by atoms with Crippen molar-refractivity contribution in [3.63, 3.8) is 0 Å². The second-order valence-electron chi connectivity index (χ2n) is 5.45. The molecule has 1 fully saturated rings. The Bertz CT molecular complexity index is 354. The molecule has 2 N–H and O–H groups in total. The zero-order valence-corrected chi connectivity index (χ0v) is 11.1. The SMILES string of the molecule is CC(C)n1cncc1C(CN)N(C)CC1CC1. The van der Waals surface area contributed by atoms with Crippen molar-refractivity contribution in [3.8, 4) is 0 Å². The van der Waals surface area contributed by atoms with Crippen LogP contribution in [0.1, 0.15) is 44.5 Å². The summed E-state index contributed by atoms with van der Waals surface area (Å²) in [5.74, 6) is 0.893. The Hall–Kier alpha value is -0.870. The molecule has 0 radical (unpaired) electrons. The first-order valence-corrected chi connectivity index (χ1v) is 6.55. The summed E-state index contributed by atoms with van der Waals surface area (Å²) in [6.07, 6.45) is 6.63. The Balaban J connectivity index is 2.12. The van der Waals surface area contributed by atoms with Crippen LogP contribution in [0.3, 0.4) is 0 Å². The molecular weight excluding hydrogens is 212 g/mol. The molecule has 2 rings (SSSR count). The number of likely N-dealkylation sites (N-methyl/N-ethyl adjacent to an activating group) is 1. The number of imidazole rings is 1. The molecular formula is C13H24N4. The van der Waals surface area contributed by atoms with Crippen LogP contribution in [0.5, 0.6) is 0 Å². The van der Waals surface area contributed by atoms with Gasteiger partial charge in [-0.3, -0.25) is 4.90 Å². The number of hydrogen-bond acceptors (Lipinski definition) is 3. The van der Waals surface area contributed by atoms with Crippen LogP contribution in [0.15, 0.2) is 12.5 Å². The van der Waals surface area contributed by atoms with Crippen LogP contribution >= 0.6 is 0 Å². The summed E-state index contributed by atoms with van der Waals surface area (Å²) in [7, 11) is 2.17. The van der Waals surface area contributed by atoms with Crippen LogP contribution in [-0.4, -0.2) is 34.6 Å². The lowest BCUT2D eigenvalue weighted by Gasteiger charge is -2.28. The molecule has 1 aromatic heterocycles. The maximum absolute atomic E-state index is 5.95. The summed E-state index contributed by atoms with van der Waals surface area (Å²) in [6, 6.07) is 0.733. The molecule has 4 nitrogen and oxygen atoms in total. The van der Waals surface area contributed by atoms with Crippen molar-refractivity contribution in [2.24, 2.45) is 11.7 Å². The monoisotopic (exact) mass is 236 g/mol. The molecule has 0 spiro atoms. The third kappa shape index (κ3) is 2.87. The van der Waals surface area contributed by atoms with E-state index in [0.717, 1.165) is 12.5 Å². The summed E-state index contributed by atoms with van der Waals surface area (Å²) in [5, 5.41) is 0. The van der Waals surface area contributed by atoms with Crippen molar-refractivity contribution >= 4 is 0 Å². The third-order valence-corrected chi connectivity index (χ3v) is 3.59. The van der Waals surface area contributed by atoms with E-state index in [1.54, 1.807) is 0 Å². The molecule has 1 aliphatic rings. The van der Waals surface area contributed by atoms with E-state index in [9.17, 15) is 0 Å². The predicted molar refractivity (Wildman–Crippen MR) is 69.8 cm³/mol. The van der Waals surface area contributed by atoms with Crippen molar-refractivity contribution in [3.05, 3.63) is 18.2 Å². The van der Waals surface area contributed by atoms with E-state index in [1.165, 1.54) is 18.5 Å². The lowest BCUT2D eigenvalue weighted by atomic mass is 10.1. The van der Waals surface area contributed by atoms with Gasteiger partial charge in [0.05, 0.1) is 18.1 Å². The van der Waals surface area contributed by atoms with Crippen molar-refractivity contribution in [1.82, 2.24) is 14.5 Å². The van der Waals surface area contributed by atoms with Crippen molar-refractivity contribution in [2.45, 2.75) is 38.8 Å². The van der Waals surface area contributed by atoms with Gasteiger partial charge in [0.1, 0.15) is 0 Å². The predicted octanol–water partition coefficient (Wildman–Crippen LogP) is 1.81. The summed E-state index contributed by atoms with van der Waals surface area (Å²) in [6.45, 7) is 6.17. The first-order valence-electron chi connectivity index (χ1n) is 6.55. The second-order valence-corrected chi connectivity index (χ2v) is 5.45. The minimum atomic E-state index is 0.292. The minimum absolute atomic E-state index is 0.292. The van der Waals surface area contributed by atoms with Gasteiger partial charge in [0.25, 0.3) is 0 Å². The molecule has 0 bridgehead atoms. The average Bonchev–Trinajstić information content (AvgIpc) is 2.95. The molecule has 1 heterocycles. The average molecular weight is 236 g/mol. The highest BCUT2D eigenvalue weighted by Gasteiger charge is 2.27. The van der Waals surface area contributed by atoms with Gasteiger partial charge in [0.15, 0.2) is 0 Å². The minimum Gasteiger partial charge on any atom is -0.331 e. The van der Waals surface area contributed by atoms with Gasteiger partial charge >= 0.3 is 0 Å². The topological polar surface area (TPSA) is 47.1 Å². The zero-order valence-electron chi connectivity index (χ0n) is 11.1. The quantitative estimate of drug-likeness (QED) is 0.819. The van der Waals surface area contributed by atoms with E-state index in [4.69, 9.17) is 5.73 Å². The van der Waals surface area contributed by atoms with Crippen LogP contribution < -0.4 is 5.73 Å². The van der Waals surface area contributed by atoms with Gasteiger partial charge in [-0.2, -0.15) is 0 Å². The van der Waals surface area contributed by atoms with E-state index in [-0.39, 0.29) is 0 Å². The Morgan fingerprint density at radius 1 is 1.53 bits per heavy atom. The first kappa shape index (κ1) is 12.6. The fraction of sp³-hybridized carbons (Fsp3) is 0.769. The summed E-state index contributed by atoms with van der Waals surface area (Å²) < 4.78 is 2.22. The van der Waals surface area contributed by atoms with Gasteiger partial charge in [-0.15, -0.1) is 0 Å².